The Bertz CT molecular complexity index is 1250. The van der Waals surface area contributed by atoms with E-state index in [2.05, 4.69) is 15.1 Å². The largest absolute Gasteiger partial charge is 0.301 e. The van der Waals surface area contributed by atoms with Crippen LogP contribution in [0.3, 0.4) is 0 Å². The number of nitrogens with zero attached hydrogens (tertiary/aromatic N) is 4. The quantitative estimate of drug-likeness (QED) is 0.240. The first-order chi connectivity index (χ1) is 13.5. The summed E-state index contributed by atoms with van der Waals surface area (Å²) in [6.07, 6.45) is 1.50. The highest BCUT2D eigenvalue weighted by Gasteiger charge is 2.13. The zero-order chi connectivity index (χ0) is 19.7. The molecule has 8 nitrogen and oxygen atoms in total. The van der Waals surface area contributed by atoms with Crippen molar-refractivity contribution in [3.05, 3.63) is 86.3 Å². The number of nitro groups is 1. The molecule has 0 bridgehead atoms. The zero-order valence-corrected chi connectivity index (χ0v) is 15.6. The Kier molecular flexibility index (Phi) is 4.66. The number of nitrogens with one attached hydrogen (secondary N) is 1. The van der Waals surface area contributed by atoms with Crippen LogP contribution in [-0.4, -0.2) is 24.7 Å². The average Bonchev–Trinajstić information content (AvgIpc) is 3.11. The molecule has 9 heteroatoms. The van der Waals surface area contributed by atoms with Gasteiger partial charge in [0.15, 0.2) is 10.8 Å². The van der Waals surface area contributed by atoms with Crippen molar-refractivity contribution in [2.45, 2.75) is 17.8 Å². The maximum Gasteiger partial charge on any atom is 0.269 e. The monoisotopic (exact) mass is 393 g/mol. The summed E-state index contributed by atoms with van der Waals surface area (Å²) in [6, 6.07) is 14.2. The molecule has 0 fully saturated rings. The molecule has 0 aliphatic rings. The summed E-state index contributed by atoms with van der Waals surface area (Å²) in [6.45, 7) is 1.98. The molecule has 0 spiro atoms. The molecule has 0 radical (unpaired) electrons. The van der Waals surface area contributed by atoms with Gasteiger partial charge in [0.2, 0.25) is 0 Å². The highest BCUT2D eigenvalue weighted by atomic mass is 32.2. The third-order valence-corrected chi connectivity index (χ3v) is 5.10. The predicted molar refractivity (Wildman–Crippen MR) is 107 cm³/mol. The Balaban J connectivity index is 1.67. The van der Waals surface area contributed by atoms with E-state index in [0.717, 1.165) is 16.8 Å². The standard InChI is InChI=1S/C19H15N5O3S/c1-12-4-2-6-14(8-12)23-17-16(10-20-23)18(25)22-19(21-17)28-11-13-5-3-7-15(9-13)24(26)27/h2-10H,11H2,1H3,(H,21,22,25). The lowest BCUT2D eigenvalue weighted by Gasteiger charge is -2.05. The van der Waals surface area contributed by atoms with Crippen LogP contribution in [0.1, 0.15) is 11.1 Å². The molecule has 2 aromatic carbocycles. The number of thioether (sulfide) groups is 1. The number of non-ortho nitro benzene ring substituents is 1. The first-order valence-corrected chi connectivity index (χ1v) is 9.41. The van der Waals surface area contributed by atoms with E-state index in [1.165, 1.54) is 30.1 Å². The van der Waals surface area contributed by atoms with Gasteiger partial charge in [0.25, 0.3) is 11.2 Å². The fourth-order valence-electron chi connectivity index (χ4n) is 2.83. The van der Waals surface area contributed by atoms with Crippen LogP contribution in [0, 0.1) is 17.0 Å². The van der Waals surface area contributed by atoms with Gasteiger partial charge in [-0.1, -0.05) is 36.0 Å². The number of aromatic amines is 1. The number of benzene rings is 2. The molecule has 4 aromatic rings. The molecule has 0 aliphatic carbocycles. The van der Waals surface area contributed by atoms with Crippen molar-refractivity contribution in [1.29, 1.82) is 0 Å². The molecule has 0 aliphatic heterocycles. The van der Waals surface area contributed by atoms with Crippen molar-refractivity contribution in [1.82, 2.24) is 19.7 Å². The van der Waals surface area contributed by atoms with E-state index in [1.807, 2.05) is 31.2 Å². The van der Waals surface area contributed by atoms with Crippen LogP contribution >= 0.6 is 11.8 Å². The molecule has 0 unspecified atom stereocenters. The Morgan fingerprint density at radius 3 is 2.82 bits per heavy atom. The molecule has 140 valence electrons. The van der Waals surface area contributed by atoms with Crippen LogP contribution in [-0.2, 0) is 5.75 Å². The van der Waals surface area contributed by atoms with Gasteiger partial charge < -0.3 is 4.98 Å². The lowest BCUT2D eigenvalue weighted by atomic mass is 10.2. The van der Waals surface area contributed by atoms with Crippen molar-refractivity contribution in [3.63, 3.8) is 0 Å². The second kappa shape index (κ2) is 7.28. The first kappa shape index (κ1) is 17.9. The van der Waals surface area contributed by atoms with Crippen molar-refractivity contribution in [2.24, 2.45) is 0 Å². The minimum Gasteiger partial charge on any atom is -0.301 e. The lowest BCUT2D eigenvalue weighted by Crippen LogP contribution is -2.09. The normalized spacial score (nSPS) is 11.0. The lowest BCUT2D eigenvalue weighted by molar-refractivity contribution is -0.384. The van der Waals surface area contributed by atoms with Gasteiger partial charge in [0, 0.05) is 17.9 Å². The van der Waals surface area contributed by atoms with Gasteiger partial charge in [-0.25, -0.2) is 9.67 Å². The van der Waals surface area contributed by atoms with Crippen LogP contribution in [0.4, 0.5) is 5.69 Å². The Morgan fingerprint density at radius 2 is 2.04 bits per heavy atom. The van der Waals surface area contributed by atoms with Crippen molar-refractivity contribution >= 4 is 28.5 Å². The molecule has 4 rings (SSSR count). The summed E-state index contributed by atoms with van der Waals surface area (Å²) < 4.78 is 1.63. The number of hydrogen-bond donors (Lipinski definition) is 1. The predicted octanol–water partition coefficient (Wildman–Crippen LogP) is 3.62. The summed E-state index contributed by atoms with van der Waals surface area (Å²) in [5, 5.41) is 16.1. The number of H-pyrrole nitrogens is 1. The van der Waals surface area contributed by atoms with Gasteiger partial charge in [-0.15, -0.1) is 0 Å². The SMILES string of the molecule is Cc1cccc(-n2ncc3c(=O)[nH]c(SCc4cccc([N+](=O)[O-])c4)nc32)c1. The molecule has 0 amide bonds. The van der Waals surface area contributed by atoms with Crippen molar-refractivity contribution in [3.8, 4) is 5.69 Å². The molecular weight excluding hydrogens is 378 g/mol. The summed E-state index contributed by atoms with van der Waals surface area (Å²) in [5.74, 6) is 0.439. The third kappa shape index (κ3) is 3.52. The van der Waals surface area contributed by atoms with E-state index >= 15 is 0 Å². The Labute approximate surface area is 163 Å². The highest BCUT2D eigenvalue weighted by molar-refractivity contribution is 7.98. The van der Waals surface area contributed by atoms with E-state index in [1.54, 1.807) is 16.8 Å². The van der Waals surface area contributed by atoms with Gasteiger partial charge >= 0.3 is 0 Å². The topological polar surface area (TPSA) is 107 Å². The Hall–Kier alpha value is -3.46. The molecule has 0 saturated carbocycles. The molecule has 0 atom stereocenters. The number of hydrogen-bond acceptors (Lipinski definition) is 6. The van der Waals surface area contributed by atoms with Gasteiger partial charge in [0.05, 0.1) is 16.8 Å². The van der Waals surface area contributed by atoms with Crippen LogP contribution < -0.4 is 5.56 Å². The first-order valence-electron chi connectivity index (χ1n) is 8.42. The van der Waals surface area contributed by atoms with Gasteiger partial charge in [0.1, 0.15) is 5.39 Å². The van der Waals surface area contributed by atoms with Crippen LogP contribution in [0.15, 0.2) is 64.7 Å². The van der Waals surface area contributed by atoms with E-state index in [9.17, 15) is 14.9 Å². The summed E-state index contributed by atoms with van der Waals surface area (Å²) in [5.41, 5.74) is 2.90. The molecule has 0 saturated heterocycles. The summed E-state index contributed by atoms with van der Waals surface area (Å²) in [4.78, 5) is 30.2. The van der Waals surface area contributed by atoms with Crippen molar-refractivity contribution in [2.75, 3.05) is 0 Å². The third-order valence-electron chi connectivity index (χ3n) is 4.16. The van der Waals surface area contributed by atoms with E-state index < -0.39 is 4.92 Å². The fraction of sp³-hybridized carbons (Fsp3) is 0.105. The maximum absolute atomic E-state index is 12.4. The van der Waals surface area contributed by atoms with Gasteiger partial charge in [-0.05, 0) is 30.2 Å². The molecular formula is C19H15N5O3S. The van der Waals surface area contributed by atoms with Crippen molar-refractivity contribution < 1.29 is 4.92 Å². The summed E-state index contributed by atoms with van der Waals surface area (Å²) >= 11 is 1.30. The van der Waals surface area contributed by atoms with Crippen LogP contribution in [0.5, 0.6) is 0 Å². The fourth-order valence-corrected chi connectivity index (χ4v) is 3.63. The minimum absolute atomic E-state index is 0.0347. The van der Waals surface area contributed by atoms with Crippen LogP contribution in [0.25, 0.3) is 16.7 Å². The second-order valence-electron chi connectivity index (χ2n) is 6.22. The van der Waals surface area contributed by atoms with E-state index in [-0.39, 0.29) is 11.2 Å². The number of aromatic nitrogens is 4. The smallest absolute Gasteiger partial charge is 0.269 e. The zero-order valence-electron chi connectivity index (χ0n) is 14.8. The van der Waals surface area contributed by atoms with Crippen LogP contribution in [0.2, 0.25) is 0 Å². The number of fused-ring (bicyclic) bond motifs is 1. The molecule has 2 aromatic heterocycles. The highest BCUT2D eigenvalue weighted by Crippen LogP contribution is 2.23. The number of nitro benzene ring substituents is 1. The van der Waals surface area contributed by atoms with E-state index in [4.69, 9.17) is 0 Å². The average molecular weight is 393 g/mol. The number of rotatable bonds is 5. The number of aryl methyl sites for hydroxylation is 1. The van der Waals surface area contributed by atoms with E-state index in [0.29, 0.717) is 21.9 Å². The second-order valence-corrected chi connectivity index (χ2v) is 7.18. The Morgan fingerprint density at radius 1 is 1.21 bits per heavy atom. The molecule has 28 heavy (non-hydrogen) atoms. The minimum atomic E-state index is -0.430. The molecule has 1 N–H and O–H groups in total. The van der Waals surface area contributed by atoms with Gasteiger partial charge in [-0.2, -0.15) is 5.10 Å². The molecule has 2 heterocycles. The van der Waals surface area contributed by atoms with Gasteiger partial charge in [-0.3, -0.25) is 14.9 Å². The maximum atomic E-state index is 12.4. The summed E-state index contributed by atoms with van der Waals surface area (Å²) in [7, 11) is 0.